The van der Waals surface area contributed by atoms with E-state index in [9.17, 15) is 23.1 Å². The van der Waals surface area contributed by atoms with Crippen molar-refractivity contribution in [3.05, 3.63) is 60.1 Å². The number of piperidine rings is 1. The minimum absolute atomic E-state index is 0.0445. The van der Waals surface area contributed by atoms with Gasteiger partial charge in [0, 0.05) is 49.9 Å². The van der Waals surface area contributed by atoms with Gasteiger partial charge < -0.3 is 25.0 Å². The fraction of sp³-hybridized carbons (Fsp3) is 0.391. The molecule has 1 fully saturated rings. The number of anilines is 1. The Morgan fingerprint density at radius 1 is 1.36 bits per heavy atom. The van der Waals surface area contributed by atoms with Crippen LogP contribution in [-0.4, -0.2) is 59.8 Å². The predicted molar refractivity (Wildman–Crippen MR) is 119 cm³/mol. The number of aliphatic imine (C=N–C) groups is 1. The van der Waals surface area contributed by atoms with E-state index in [2.05, 4.69) is 21.6 Å². The minimum atomic E-state index is -4.75. The molecule has 0 radical (unpaired) electrons. The monoisotopic (exact) mass is 464 g/mol. The van der Waals surface area contributed by atoms with Crippen LogP contribution < -0.4 is 10.1 Å². The standard InChI is InChI=1S/C23H27F3N4O3/c1-4-27-21-19(15(2)28-17-7-9-18(10-8-17)33-23(24,25)26)12-20(29(21)3)22(32)30-11-5-6-16(13-30)14-31/h4,7-10,12,16,28,31H,1,5-6,11,13-14H2,2-3H3/b19-15+,27-21+. The normalized spacial score (nSPS) is 21.7. The van der Waals surface area contributed by atoms with Crippen molar-refractivity contribution < 1.29 is 27.8 Å². The summed E-state index contributed by atoms with van der Waals surface area (Å²) in [6, 6.07) is 5.36. The van der Waals surface area contributed by atoms with Crippen molar-refractivity contribution in [3.63, 3.8) is 0 Å². The van der Waals surface area contributed by atoms with E-state index < -0.39 is 6.36 Å². The highest BCUT2D eigenvalue weighted by molar-refractivity contribution is 6.12. The summed E-state index contributed by atoms with van der Waals surface area (Å²) in [5.74, 6) is 0.123. The average Bonchev–Trinajstić information content (AvgIpc) is 3.10. The van der Waals surface area contributed by atoms with E-state index in [1.54, 1.807) is 29.8 Å². The van der Waals surface area contributed by atoms with Crippen molar-refractivity contribution in [1.82, 2.24) is 9.80 Å². The van der Waals surface area contributed by atoms with E-state index in [1.807, 2.05) is 0 Å². The van der Waals surface area contributed by atoms with Crippen molar-refractivity contribution in [1.29, 1.82) is 0 Å². The summed E-state index contributed by atoms with van der Waals surface area (Å²) in [5.41, 5.74) is 2.30. The van der Waals surface area contributed by atoms with Gasteiger partial charge in [0.2, 0.25) is 0 Å². The van der Waals surface area contributed by atoms with Crippen molar-refractivity contribution in [3.8, 4) is 5.75 Å². The lowest BCUT2D eigenvalue weighted by molar-refractivity contribution is -0.274. The molecular formula is C23H27F3N4O3. The van der Waals surface area contributed by atoms with E-state index >= 15 is 0 Å². The average molecular weight is 464 g/mol. The summed E-state index contributed by atoms with van der Waals surface area (Å²) in [5, 5.41) is 12.6. The largest absolute Gasteiger partial charge is 0.573 e. The number of aliphatic hydroxyl groups excluding tert-OH is 1. The summed E-state index contributed by atoms with van der Waals surface area (Å²) in [6.07, 6.45) is 0.0812. The molecule has 1 amide bonds. The number of benzene rings is 1. The van der Waals surface area contributed by atoms with Crippen molar-refractivity contribution in [2.75, 3.05) is 32.1 Å². The highest BCUT2D eigenvalue weighted by Crippen LogP contribution is 2.29. The van der Waals surface area contributed by atoms with Gasteiger partial charge in [-0.25, -0.2) is 4.99 Å². The highest BCUT2D eigenvalue weighted by Gasteiger charge is 2.33. The van der Waals surface area contributed by atoms with Crippen molar-refractivity contribution in [2.24, 2.45) is 10.9 Å². The molecule has 10 heteroatoms. The number of aliphatic hydroxyl groups is 1. The predicted octanol–water partition coefficient (Wildman–Crippen LogP) is 3.87. The number of amides is 1. The molecule has 0 bridgehead atoms. The van der Waals surface area contributed by atoms with Gasteiger partial charge in [0.25, 0.3) is 5.91 Å². The summed E-state index contributed by atoms with van der Waals surface area (Å²) in [4.78, 5) is 20.9. The summed E-state index contributed by atoms with van der Waals surface area (Å²) in [6.45, 7) is 6.60. The number of ether oxygens (including phenoxy) is 1. The zero-order valence-electron chi connectivity index (χ0n) is 18.5. The number of likely N-dealkylation sites (N-methyl/N-ethyl adjacent to an activating group) is 1. The fourth-order valence-corrected chi connectivity index (χ4v) is 3.90. The number of hydrogen-bond acceptors (Lipinski definition) is 5. The molecule has 33 heavy (non-hydrogen) atoms. The van der Waals surface area contributed by atoms with Gasteiger partial charge in [-0.2, -0.15) is 0 Å². The van der Waals surface area contributed by atoms with Gasteiger partial charge in [0.15, 0.2) is 0 Å². The van der Waals surface area contributed by atoms with Gasteiger partial charge in [-0.15, -0.1) is 13.2 Å². The first-order valence-corrected chi connectivity index (χ1v) is 10.5. The first-order chi connectivity index (χ1) is 15.6. The van der Waals surface area contributed by atoms with Gasteiger partial charge in [0.1, 0.15) is 17.3 Å². The maximum Gasteiger partial charge on any atom is 0.573 e. The molecule has 1 aromatic rings. The Balaban J connectivity index is 1.84. The Kier molecular flexibility index (Phi) is 7.47. The molecular weight excluding hydrogens is 437 g/mol. The van der Waals surface area contributed by atoms with Crippen LogP contribution in [-0.2, 0) is 4.79 Å². The first kappa shape index (κ1) is 24.4. The molecule has 1 atom stereocenters. The molecule has 1 aromatic carbocycles. The second-order valence-electron chi connectivity index (χ2n) is 7.90. The van der Waals surface area contributed by atoms with Gasteiger partial charge in [-0.3, -0.25) is 4.79 Å². The van der Waals surface area contributed by atoms with E-state index in [-0.39, 0.29) is 24.2 Å². The van der Waals surface area contributed by atoms with E-state index in [1.165, 1.54) is 30.5 Å². The molecule has 3 rings (SSSR count). The van der Waals surface area contributed by atoms with E-state index in [0.29, 0.717) is 41.6 Å². The second kappa shape index (κ2) is 10.1. The maximum atomic E-state index is 13.2. The number of halogens is 3. The number of hydrogen-bond donors (Lipinski definition) is 2. The number of rotatable bonds is 6. The third-order valence-corrected chi connectivity index (χ3v) is 5.52. The highest BCUT2D eigenvalue weighted by atomic mass is 19.4. The first-order valence-electron chi connectivity index (χ1n) is 10.5. The van der Waals surface area contributed by atoms with E-state index in [4.69, 9.17) is 0 Å². The van der Waals surface area contributed by atoms with E-state index in [0.717, 1.165) is 12.8 Å². The number of carbonyl (C=O) groups is 1. The van der Waals surface area contributed by atoms with Crippen molar-refractivity contribution >= 4 is 17.4 Å². The van der Waals surface area contributed by atoms with Crippen LogP contribution in [0.1, 0.15) is 19.8 Å². The van der Waals surface area contributed by atoms with Gasteiger partial charge in [-0.05, 0) is 56.0 Å². The molecule has 1 saturated heterocycles. The second-order valence-corrected chi connectivity index (χ2v) is 7.90. The Morgan fingerprint density at radius 3 is 2.67 bits per heavy atom. The van der Waals surface area contributed by atoms with Crippen LogP contribution in [0.15, 0.2) is 65.1 Å². The molecule has 2 aliphatic rings. The Morgan fingerprint density at radius 2 is 2.06 bits per heavy atom. The Labute approximate surface area is 190 Å². The van der Waals surface area contributed by atoms with Crippen LogP contribution in [0.5, 0.6) is 5.75 Å². The summed E-state index contributed by atoms with van der Waals surface area (Å²) >= 11 is 0. The molecule has 0 spiro atoms. The topological polar surface area (TPSA) is 77.4 Å². The van der Waals surface area contributed by atoms with Crippen LogP contribution in [0.2, 0.25) is 0 Å². The number of amidine groups is 1. The van der Waals surface area contributed by atoms with Crippen molar-refractivity contribution in [2.45, 2.75) is 26.1 Å². The summed E-state index contributed by atoms with van der Waals surface area (Å²) in [7, 11) is 1.74. The lowest BCUT2D eigenvalue weighted by Crippen LogP contribution is -2.43. The lowest BCUT2D eigenvalue weighted by Gasteiger charge is -2.33. The minimum Gasteiger partial charge on any atom is -0.406 e. The Bertz CT molecular complexity index is 984. The van der Waals surface area contributed by atoms with Crippen LogP contribution in [0.25, 0.3) is 0 Å². The third kappa shape index (κ3) is 5.95. The fourth-order valence-electron chi connectivity index (χ4n) is 3.90. The molecule has 0 aromatic heterocycles. The molecule has 2 N–H and O–H groups in total. The molecule has 0 aliphatic carbocycles. The number of allylic oxidation sites excluding steroid dienone is 1. The lowest BCUT2D eigenvalue weighted by atomic mass is 9.99. The van der Waals surface area contributed by atoms with Crippen LogP contribution in [0.3, 0.4) is 0 Å². The molecule has 7 nitrogen and oxygen atoms in total. The van der Waals surface area contributed by atoms with Gasteiger partial charge >= 0.3 is 6.36 Å². The Hall–Kier alpha value is -3.27. The zero-order chi connectivity index (χ0) is 24.2. The molecule has 2 aliphatic heterocycles. The number of nitrogens with zero attached hydrogens (tertiary/aromatic N) is 3. The molecule has 1 unspecified atom stereocenters. The molecule has 2 heterocycles. The number of alkyl halides is 3. The van der Waals surface area contributed by atoms with Crippen LogP contribution >= 0.6 is 0 Å². The van der Waals surface area contributed by atoms with Crippen LogP contribution in [0.4, 0.5) is 18.9 Å². The number of likely N-dealkylation sites (tertiary alicyclic amines) is 1. The van der Waals surface area contributed by atoms with Gasteiger partial charge in [-0.1, -0.05) is 6.58 Å². The van der Waals surface area contributed by atoms with Gasteiger partial charge in [0.05, 0.1) is 0 Å². The summed E-state index contributed by atoms with van der Waals surface area (Å²) < 4.78 is 41.0. The smallest absolute Gasteiger partial charge is 0.406 e. The van der Waals surface area contributed by atoms with Crippen LogP contribution in [0, 0.1) is 5.92 Å². The zero-order valence-corrected chi connectivity index (χ0v) is 18.5. The number of carbonyl (C=O) groups excluding carboxylic acids is 1. The quantitative estimate of drug-likeness (QED) is 0.669. The molecule has 178 valence electrons. The SMILES string of the molecule is C=C/N=C1\C(=C(/C)Nc2ccc(OC(F)(F)F)cc2)C=C(C(=O)N2CCCC(CO)C2)N1C. The number of nitrogens with one attached hydrogen (secondary N) is 1. The maximum absolute atomic E-state index is 13.2. The third-order valence-electron chi connectivity index (χ3n) is 5.52. The molecule has 0 saturated carbocycles.